The summed E-state index contributed by atoms with van der Waals surface area (Å²) in [5, 5.41) is 4.01. The van der Waals surface area contributed by atoms with Gasteiger partial charge in [-0.15, -0.1) is 0 Å². The molecular formula is C42H34N2. The van der Waals surface area contributed by atoms with Crippen molar-refractivity contribution in [1.82, 2.24) is 9.13 Å². The van der Waals surface area contributed by atoms with Crippen LogP contribution in [0.2, 0.25) is 0 Å². The number of nitrogens with zero attached hydrogens (tertiary/aromatic N) is 2. The monoisotopic (exact) mass is 566 g/mol. The summed E-state index contributed by atoms with van der Waals surface area (Å²) in [7, 11) is 0. The molecule has 0 amide bonds. The predicted octanol–water partition coefficient (Wildman–Crippen LogP) is 10.8. The van der Waals surface area contributed by atoms with Gasteiger partial charge in [-0.05, 0) is 70.6 Å². The average molecular weight is 567 g/mol. The highest BCUT2D eigenvalue weighted by Gasteiger charge is 2.43. The lowest BCUT2D eigenvalue weighted by atomic mass is 9.66. The Kier molecular flexibility index (Phi) is 4.48. The highest BCUT2D eigenvalue weighted by molar-refractivity contribution is 6.13. The van der Waals surface area contributed by atoms with Crippen molar-refractivity contribution in [2.24, 2.45) is 0 Å². The molecule has 0 saturated heterocycles. The molecule has 0 fully saturated rings. The van der Waals surface area contributed by atoms with Gasteiger partial charge in [0.1, 0.15) is 0 Å². The minimum absolute atomic E-state index is 0.0527. The Morgan fingerprint density at radius 1 is 0.591 bits per heavy atom. The third-order valence-electron chi connectivity index (χ3n) is 11.4. The summed E-state index contributed by atoms with van der Waals surface area (Å²) in [4.78, 5) is 0. The van der Waals surface area contributed by atoms with E-state index in [1.54, 1.807) is 0 Å². The van der Waals surface area contributed by atoms with Gasteiger partial charge in [0.05, 0.1) is 22.2 Å². The van der Waals surface area contributed by atoms with Crippen LogP contribution in [0.3, 0.4) is 0 Å². The Balaban J connectivity index is 1.22. The molecule has 2 nitrogen and oxygen atoms in total. The second-order valence-electron chi connectivity index (χ2n) is 14.2. The lowest BCUT2D eigenvalue weighted by Crippen LogP contribution is -2.34. The number of benzene rings is 5. The second kappa shape index (κ2) is 8.01. The van der Waals surface area contributed by atoms with Gasteiger partial charge < -0.3 is 9.13 Å². The minimum atomic E-state index is -0.0527. The fourth-order valence-electron chi connectivity index (χ4n) is 9.11. The van der Waals surface area contributed by atoms with Crippen molar-refractivity contribution in [3.63, 3.8) is 0 Å². The molecule has 212 valence electrons. The lowest BCUT2D eigenvalue weighted by Gasteiger charge is -2.42. The van der Waals surface area contributed by atoms with Gasteiger partial charge in [0.25, 0.3) is 0 Å². The van der Waals surface area contributed by atoms with E-state index in [1.165, 1.54) is 83.2 Å². The summed E-state index contributed by atoms with van der Waals surface area (Å²) in [5.41, 5.74) is 16.2. The number of hydrogen-bond donors (Lipinski definition) is 0. The molecule has 7 aromatic rings. The van der Waals surface area contributed by atoms with Crippen LogP contribution in [0.25, 0.3) is 61.3 Å². The van der Waals surface area contributed by atoms with Crippen LogP contribution in [0.5, 0.6) is 0 Å². The first-order valence-electron chi connectivity index (χ1n) is 16.0. The Morgan fingerprint density at radius 3 is 2.00 bits per heavy atom. The molecule has 1 unspecified atom stereocenters. The van der Waals surface area contributed by atoms with Crippen molar-refractivity contribution >= 4 is 38.8 Å². The predicted molar refractivity (Wildman–Crippen MR) is 185 cm³/mol. The zero-order chi connectivity index (χ0) is 29.5. The van der Waals surface area contributed by atoms with Crippen molar-refractivity contribution in [2.75, 3.05) is 0 Å². The molecule has 5 aromatic carbocycles. The van der Waals surface area contributed by atoms with Crippen LogP contribution in [0.15, 0.2) is 109 Å². The zero-order valence-electron chi connectivity index (χ0n) is 25.6. The molecule has 0 saturated carbocycles. The van der Waals surface area contributed by atoms with Crippen molar-refractivity contribution < 1.29 is 0 Å². The summed E-state index contributed by atoms with van der Waals surface area (Å²) >= 11 is 0. The van der Waals surface area contributed by atoms with Crippen LogP contribution in [0.4, 0.5) is 0 Å². The molecule has 2 aliphatic heterocycles. The Hall–Kier alpha value is -4.82. The van der Waals surface area contributed by atoms with Gasteiger partial charge in [0.2, 0.25) is 0 Å². The molecule has 0 spiro atoms. The van der Waals surface area contributed by atoms with Crippen molar-refractivity contribution in [2.45, 2.75) is 50.9 Å². The van der Waals surface area contributed by atoms with E-state index in [9.17, 15) is 0 Å². The quantitative estimate of drug-likeness (QED) is 0.187. The Bertz CT molecular complexity index is 2420. The number of aromatic nitrogens is 2. The Labute approximate surface area is 257 Å². The van der Waals surface area contributed by atoms with E-state index in [0.29, 0.717) is 5.92 Å². The maximum absolute atomic E-state index is 2.57. The SMILES string of the molecule is CC1(C)c2ccccc2-n2c3ccc(-c4ccc5c(c4)c4c6n5-c5ccccc5C(C)(C)C6CC=C4)cc3c3cccc1c32. The number of para-hydroxylation sites is 3. The van der Waals surface area contributed by atoms with E-state index in [2.05, 4.69) is 152 Å². The van der Waals surface area contributed by atoms with E-state index in [-0.39, 0.29) is 10.8 Å². The molecule has 0 N–H and O–H groups in total. The Morgan fingerprint density at radius 2 is 1.23 bits per heavy atom. The van der Waals surface area contributed by atoms with Gasteiger partial charge in [-0.2, -0.15) is 0 Å². The highest BCUT2D eigenvalue weighted by Crippen LogP contribution is 2.54. The molecule has 1 aliphatic carbocycles. The lowest BCUT2D eigenvalue weighted by molar-refractivity contribution is 0.385. The maximum Gasteiger partial charge on any atom is 0.0582 e. The summed E-state index contributed by atoms with van der Waals surface area (Å²) in [6, 6.07) is 39.1. The maximum atomic E-state index is 2.57. The largest absolute Gasteiger partial charge is 0.312 e. The molecule has 0 radical (unpaired) electrons. The first-order chi connectivity index (χ1) is 21.4. The van der Waals surface area contributed by atoms with Crippen molar-refractivity contribution in [1.29, 1.82) is 0 Å². The molecular weight excluding hydrogens is 532 g/mol. The second-order valence-corrected chi connectivity index (χ2v) is 14.2. The van der Waals surface area contributed by atoms with E-state index >= 15 is 0 Å². The summed E-state index contributed by atoms with van der Waals surface area (Å²) < 4.78 is 5.07. The molecule has 44 heavy (non-hydrogen) atoms. The smallest absolute Gasteiger partial charge is 0.0582 e. The normalized spacial score (nSPS) is 18.4. The van der Waals surface area contributed by atoms with Crippen LogP contribution < -0.4 is 0 Å². The topological polar surface area (TPSA) is 9.86 Å². The van der Waals surface area contributed by atoms with Crippen molar-refractivity contribution in [3.05, 3.63) is 137 Å². The standard InChI is InChI=1S/C42H34N2/c1-41(2)31-13-5-7-17-37(31)43-35-21-19-25(23-29(35)27-11-9-15-33(41)39(27)43)26-20-22-36-30(24-26)28-12-10-16-34-40(28)44(36)38-18-8-6-14-32(38)42(34,3)4/h5-15,17-24,34H,16H2,1-4H3. The third kappa shape index (κ3) is 2.83. The molecule has 3 aliphatic rings. The van der Waals surface area contributed by atoms with E-state index in [4.69, 9.17) is 0 Å². The molecule has 4 heterocycles. The average Bonchev–Trinajstić information content (AvgIpc) is 3.56. The molecule has 2 aromatic heterocycles. The van der Waals surface area contributed by atoms with E-state index < -0.39 is 0 Å². The van der Waals surface area contributed by atoms with Gasteiger partial charge in [0.15, 0.2) is 0 Å². The van der Waals surface area contributed by atoms with E-state index in [0.717, 1.165) is 6.42 Å². The number of fused-ring (bicyclic) bond motifs is 10. The fraction of sp³-hybridized carbons (Fsp3) is 0.190. The van der Waals surface area contributed by atoms with Crippen LogP contribution in [0, 0.1) is 0 Å². The number of hydrogen-bond acceptors (Lipinski definition) is 0. The van der Waals surface area contributed by atoms with Gasteiger partial charge in [-0.1, -0.05) is 107 Å². The van der Waals surface area contributed by atoms with Crippen molar-refractivity contribution in [3.8, 4) is 22.5 Å². The first kappa shape index (κ1) is 24.6. The van der Waals surface area contributed by atoms with E-state index in [1.807, 2.05) is 0 Å². The van der Waals surface area contributed by atoms with Gasteiger partial charge in [0, 0.05) is 49.9 Å². The molecule has 1 atom stereocenters. The minimum Gasteiger partial charge on any atom is -0.312 e. The first-order valence-corrected chi connectivity index (χ1v) is 16.0. The summed E-state index contributed by atoms with van der Waals surface area (Å²) in [6.45, 7) is 9.59. The number of allylic oxidation sites excluding steroid dienone is 1. The zero-order valence-corrected chi connectivity index (χ0v) is 25.6. The molecule has 2 heteroatoms. The molecule has 10 rings (SSSR count). The van der Waals surface area contributed by atoms with Crippen LogP contribution >= 0.6 is 0 Å². The van der Waals surface area contributed by atoms with Gasteiger partial charge >= 0.3 is 0 Å². The fourth-order valence-corrected chi connectivity index (χ4v) is 9.11. The van der Waals surface area contributed by atoms with Gasteiger partial charge in [-0.25, -0.2) is 0 Å². The van der Waals surface area contributed by atoms with Gasteiger partial charge in [-0.3, -0.25) is 0 Å². The van der Waals surface area contributed by atoms with Crippen LogP contribution in [-0.4, -0.2) is 9.13 Å². The summed E-state index contributed by atoms with van der Waals surface area (Å²) in [6.07, 6.45) is 5.87. The molecule has 0 bridgehead atoms. The van der Waals surface area contributed by atoms with Crippen LogP contribution in [0.1, 0.15) is 68.0 Å². The summed E-state index contributed by atoms with van der Waals surface area (Å²) in [5.74, 6) is 0.464. The third-order valence-corrected chi connectivity index (χ3v) is 11.4. The highest BCUT2D eigenvalue weighted by atomic mass is 15.0. The van der Waals surface area contributed by atoms with Crippen LogP contribution in [-0.2, 0) is 10.8 Å². The number of rotatable bonds is 1.